The highest BCUT2D eigenvalue weighted by Crippen LogP contribution is 2.30. The summed E-state index contributed by atoms with van der Waals surface area (Å²) in [7, 11) is 1.22. The Bertz CT molecular complexity index is 762. The molecule has 0 bridgehead atoms. The number of hydrogen-bond donors (Lipinski definition) is 1. The molecule has 10 heteroatoms. The molecule has 120 valence electrons. The van der Waals surface area contributed by atoms with Gasteiger partial charge in [0.05, 0.1) is 33.3 Å². The third-order valence-corrected chi connectivity index (χ3v) is 4.56. The van der Waals surface area contributed by atoms with Crippen molar-refractivity contribution in [2.24, 2.45) is 10.2 Å². The van der Waals surface area contributed by atoms with Crippen LogP contribution in [0.3, 0.4) is 0 Å². The van der Waals surface area contributed by atoms with E-state index in [1.54, 1.807) is 12.1 Å². The standard InChI is InChI=1S/C13H8Cl3N3O3S/c1-22-10(20)4-9-12(21)18-13(23-9)19-17-5-6-7(14)2-3-8(15)11(6)16/h2-5H,1H3,(H,18,19,21)/b9-4+,17-5?. The molecule has 1 aromatic carbocycles. The molecule has 6 nitrogen and oxygen atoms in total. The second-order valence-electron chi connectivity index (χ2n) is 3.99. The molecule has 0 aromatic heterocycles. The fourth-order valence-corrected chi connectivity index (χ4v) is 2.81. The zero-order valence-electron chi connectivity index (χ0n) is 11.5. The summed E-state index contributed by atoms with van der Waals surface area (Å²) in [4.78, 5) is 22.9. The summed E-state index contributed by atoms with van der Waals surface area (Å²) < 4.78 is 4.45. The largest absolute Gasteiger partial charge is 0.466 e. The fraction of sp³-hybridized carbons (Fsp3) is 0.0769. The molecule has 1 amide bonds. The van der Waals surface area contributed by atoms with Gasteiger partial charge in [-0.05, 0) is 23.9 Å². The molecule has 1 saturated heterocycles. The fourth-order valence-electron chi connectivity index (χ4n) is 1.44. The minimum atomic E-state index is -0.634. The molecule has 2 rings (SSSR count). The molecule has 1 aliphatic rings. The highest BCUT2D eigenvalue weighted by Gasteiger charge is 2.25. The van der Waals surface area contributed by atoms with Gasteiger partial charge in [-0.3, -0.25) is 10.1 Å². The number of benzene rings is 1. The normalized spacial score (nSPS) is 18.0. The van der Waals surface area contributed by atoms with E-state index in [9.17, 15) is 9.59 Å². The summed E-state index contributed by atoms with van der Waals surface area (Å²) in [5.74, 6) is -1.10. The van der Waals surface area contributed by atoms with Crippen LogP contribution in [0.2, 0.25) is 15.1 Å². The Morgan fingerprint density at radius 2 is 2.00 bits per heavy atom. The topological polar surface area (TPSA) is 80.1 Å². The van der Waals surface area contributed by atoms with E-state index >= 15 is 0 Å². The third-order valence-electron chi connectivity index (χ3n) is 2.52. The van der Waals surface area contributed by atoms with Gasteiger partial charge in [0.25, 0.3) is 5.91 Å². The molecule has 23 heavy (non-hydrogen) atoms. The molecular weight excluding hydrogens is 385 g/mol. The summed E-state index contributed by atoms with van der Waals surface area (Å²) in [5.41, 5.74) is 0.407. The molecule has 0 aliphatic carbocycles. The van der Waals surface area contributed by atoms with Gasteiger partial charge in [-0.15, -0.1) is 5.10 Å². The van der Waals surface area contributed by atoms with E-state index in [0.717, 1.165) is 17.8 Å². The van der Waals surface area contributed by atoms with Crippen molar-refractivity contribution in [3.63, 3.8) is 0 Å². The zero-order valence-corrected chi connectivity index (χ0v) is 14.6. The van der Waals surface area contributed by atoms with Gasteiger partial charge in [0.1, 0.15) is 0 Å². The molecule has 1 heterocycles. The Kier molecular flexibility index (Phi) is 6.06. The molecule has 0 spiro atoms. The van der Waals surface area contributed by atoms with Crippen molar-refractivity contribution in [1.82, 2.24) is 5.32 Å². The Labute approximate surface area is 150 Å². The molecule has 1 aromatic rings. The minimum Gasteiger partial charge on any atom is -0.466 e. The van der Waals surface area contributed by atoms with Gasteiger partial charge < -0.3 is 4.74 Å². The lowest BCUT2D eigenvalue weighted by atomic mass is 10.2. The molecule has 0 saturated carbocycles. The van der Waals surface area contributed by atoms with Crippen molar-refractivity contribution in [2.45, 2.75) is 0 Å². The van der Waals surface area contributed by atoms with E-state index < -0.39 is 11.9 Å². The summed E-state index contributed by atoms with van der Waals surface area (Å²) in [6, 6.07) is 3.14. The Morgan fingerprint density at radius 1 is 1.30 bits per heavy atom. The number of amides is 1. The average molecular weight is 393 g/mol. The van der Waals surface area contributed by atoms with Crippen LogP contribution < -0.4 is 5.32 Å². The Morgan fingerprint density at radius 3 is 2.70 bits per heavy atom. The highest BCUT2D eigenvalue weighted by molar-refractivity contribution is 8.18. The predicted octanol–water partition coefficient (Wildman–Crippen LogP) is 3.26. The third kappa shape index (κ3) is 4.48. The zero-order chi connectivity index (χ0) is 17.0. The Hall–Kier alpha value is -1.54. The van der Waals surface area contributed by atoms with Gasteiger partial charge >= 0.3 is 5.97 Å². The Balaban J connectivity index is 2.16. The number of nitrogens with one attached hydrogen (secondary N) is 1. The van der Waals surface area contributed by atoms with E-state index in [-0.39, 0.29) is 15.1 Å². The number of nitrogens with zero attached hydrogens (tertiary/aromatic N) is 2. The average Bonchev–Trinajstić information content (AvgIpc) is 2.86. The van der Waals surface area contributed by atoms with Crippen LogP contribution in [0.25, 0.3) is 0 Å². The predicted molar refractivity (Wildman–Crippen MR) is 92.3 cm³/mol. The second kappa shape index (κ2) is 7.83. The van der Waals surface area contributed by atoms with Gasteiger partial charge in [0, 0.05) is 11.6 Å². The summed E-state index contributed by atoms with van der Waals surface area (Å²) >= 11 is 18.9. The number of esters is 1. The van der Waals surface area contributed by atoms with Crippen LogP contribution in [0.4, 0.5) is 0 Å². The van der Waals surface area contributed by atoms with Crippen LogP contribution in [0, 0.1) is 0 Å². The summed E-state index contributed by atoms with van der Waals surface area (Å²) in [6.07, 6.45) is 2.38. The van der Waals surface area contributed by atoms with Gasteiger partial charge in [0.15, 0.2) is 5.17 Å². The number of thioether (sulfide) groups is 1. The highest BCUT2D eigenvalue weighted by atomic mass is 35.5. The van der Waals surface area contributed by atoms with Crippen LogP contribution in [-0.2, 0) is 14.3 Å². The number of ether oxygens (including phenoxy) is 1. The number of amidine groups is 1. The maximum atomic E-state index is 11.6. The molecule has 1 N–H and O–H groups in total. The number of hydrogen-bond acceptors (Lipinski definition) is 6. The van der Waals surface area contributed by atoms with E-state index in [2.05, 4.69) is 20.3 Å². The van der Waals surface area contributed by atoms with E-state index in [4.69, 9.17) is 34.8 Å². The second-order valence-corrected chi connectivity index (χ2v) is 6.22. The minimum absolute atomic E-state index is 0.157. The first-order valence-electron chi connectivity index (χ1n) is 5.95. The maximum absolute atomic E-state index is 11.6. The number of carbonyl (C=O) groups excluding carboxylic acids is 2. The molecule has 0 atom stereocenters. The molecule has 0 unspecified atom stereocenters. The quantitative estimate of drug-likeness (QED) is 0.281. The lowest BCUT2D eigenvalue weighted by Crippen LogP contribution is -2.19. The molecule has 0 radical (unpaired) electrons. The first-order chi connectivity index (χ1) is 10.9. The van der Waals surface area contributed by atoms with Gasteiger partial charge in [-0.1, -0.05) is 34.8 Å². The van der Waals surface area contributed by atoms with Crippen LogP contribution in [-0.4, -0.2) is 30.4 Å². The van der Waals surface area contributed by atoms with Crippen LogP contribution in [0.5, 0.6) is 0 Å². The van der Waals surface area contributed by atoms with Crippen molar-refractivity contribution in [1.29, 1.82) is 0 Å². The molecule has 1 aliphatic heterocycles. The lowest BCUT2D eigenvalue weighted by Gasteiger charge is -2.01. The van der Waals surface area contributed by atoms with Gasteiger partial charge in [0.2, 0.25) is 0 Å². The smallest absolute Gasteiger partial charge is 0.331 e. The van der Waals surface area contributed by atoms with E-state index in [1.807, 2.05) is 0 Å². The van der Waals surface area contributed by atoms with Crippen molar-refractivity contribution >= 4 is 69.8 Å². The SMILES string of the molecule is COC(=O)/C=C1/S/C(=N\N=Cc2c(Cl)ccc(Cl)c2Cl)NC1=O. The number of rotatable bonds is 3. The first kappa shape index (κ1) is 17.8. The molecular formula is C13H8Cl3N3O3S. The van der Waals surface area contributed by atoms with Crippen molar-refractivity contribution in [3.05, 3.63) is 43.7 Å². The summed E-state index contributed by atoms with van der Waals surface area (Å²) in [6.45, 7) is 0. The van der Waals surface area contributed by atoms with Crippen LogP contribution in [0.1, 0.15) is 5.56 Å². The summed E-state index contributed by atoms with van der Waals surface area (Å²) in [5, 5.41) is 11.2. The van der Waals surface area contributed by atoms with Crippen molar-refractivity contribution < 1.29 is 14.3 Å². The van der Waals surface area contributed by atoms with Crippen molar-refractivity contribution in [2.75, 3.05) is 7.11 Å². The van der Waals surface area contributed by atoms with Crippen LogP contribution in [0.15, 0.2) is 33.3 Å². The number of carbonyl (C=O) groups is 2. The number of methoxy groups -OCH3 is 1. The van der Waals surface area contributed by atoms with Gasteiger partial charge in [-0.2, -0.15) is 5.10 Å². The molecule has 1 fully saturated rings. The monoisotopic (exact) mass is 391 g/mol. The number of halogens is 3. The van der Waals surface area contributed by atoms with Gasteiger partial charge in [-0.25, -0.2) is 4.79 Å². The van der Waals surface area contributed by atoms with E-state index in [1.165, 1.54) is 13.3 Å². The van der Waals surface area contributed by atoms with E-state index in [0.29, 0.717) is 15.6 Å². The lowest BCUT2D eigenvalue weighted by molar-refractivity contribution is -0.135. The first-order valence-corrected chi connectivity index (χ1v) is 7.90. The van der Waals surface area contributed by atoms with Crippen molar-refractivity contribution in [3.8, 4) is 0 Å². The maximum Gasteiger partial charge on any atom is 0.331 e. The van der Waals surface area contributed by atoms with Crippen LogP contribution >= 0.6 is 46.6 Å².